The van der Waals surface area contributed by atoms with Crippen molar-refractivity contribution in [3.63, 3.8) is 0 Å². The molecule has 2 aromatic carbocycles. The maximum atomic E-state index is 10.1. The van der Waals surface area contributed by atoms with Gasteiger partial charge in [0.05, 0.1) is 26.4 Å². The Balaban J connectivity index is 1.68. The molecule has 0 aliphatic carbocycles. The molecule has 2 atom stereocenters. The number of hydrogen-bond donors (Lipinski definition) is 2. The molecule has 4 heteroatoms. The second kappa shape index (κ2) is 10.1. The molecule has 0 aromatic heterocycles. The Morgan fingerprint density at radius 3 is 1.36 bits per heavy atom. The molecule has 0 aliphatic rings. The van der Waals surface area contributed by atoms with E-state index in [1.165, 1.54) is 0 Å². The van der Waals surface area contributed by atoms with E-state index in [9.17, 15) is 10.2 Å². The van der Waals surface area contributed by atoms with Crippen LogP contribution in [0.2, 0.25) is 0 Å². The first kappa shape index (κ1) is 19.3. The number of benzene rings is 2. The van der Waals surface area contributed by atoms with Gasteiger partial charge in [-0.25, -0.2) is 0 Å². The summed E-state index contributed by atoms with van der Waals surface area (Å²) < 4.78 is 10.3. The molecule has 0 fully saturated rings. The topological polar surface area (TPSA) is 58.9 Å². The van der Waals surface area contributed by atoms with Gasteiger partial charge in [-0.05, 0) is 67.5 Å². The van der Waals surface area contributed by atoms with Crippen molar-refractivity contribution in [1.29, 1.82) is 0 Å². The van der Waals surface area contributed by atoms with E-state index >= 15 is 0 Å². The molecule has 0 saturated carbocycles. The minimum Gasteiger partial charge on any atom is -0.497 e. The number of ether oxygens (including phenoxy) is 2. The molecule has 0 spiro atoms. The third-order valence-corrected chi connectivity index (χ3v) is 4.39. The van der Waals surface area contributed by atoms with Crippen LogP contribution in [0.4, 0.5) is 0 Å². The van der Waals surface area contributed by atoms with Crippen LogP contribution in [0.3, 0.4) is 0 Å². The van der Waals surface area contributed by atoms with Gasteiger partial charge in [0.25, 0.3) is 0 Å². The Morgan fingerprint density at radius 2 is 1.04 bits per heavy atom. The number of aliphatic hydroxyl groups excluding tert-OH is 2. The Bertz CT molecular complexity index is 551. The highest BCUT2D eigenvalue weighted by atomic mass is 16.5. The maximum absolute atomic E-state index is 10.1. The quantitative estimate of drug-likeness (QED) is 0.694. The lowest BCUT2D eigenvalue weighted by molar-refractivity contribution is 0.0714. The first-order valence-electron chi connectivity index (χ1n) is 8.72. The fraction of sp³-hybridized carbons (Fsp3) is 0.429. The van der Waals surface area contributed by atoms with Gasteiger partial charge in [0.2, 0.25) is 0 Å². The number of methoxy groups -OCH3 is 2. The van der Waals surface area contributed by atoms with Crippen molar-refractivity contribution in [2.75, 3.05) is 14.2 Å². The fourth-order valence-electron chi connectivity index (χ4n) is 2.80. The molecule has 0 aliphatic heterocycles. The molecule has 136 valence electrons. The van der Waals surface area contributed by atoms with Crippen LogP contribution in [-0.4, -0.2) is 36.6 Å². The summed E-state index contributed by atoms with van der Waals surface area (Å²) in [5.41, 5.74) is 2.32. The Kier molecular flexibility index (Phi) is 7.76. The summed E-state index contributed by atoms with van der Waals surface area (Å²) >= 11 is 0. The fourth-order valence-corrected chi connectivity index (χ4v) is 2.80. The molecule has 2 aromatic rings. The van der Waals surface area contributed by atoms with Crippen LogP contribution in [0, 0.1) is 0 Å². The Morgan fingerprint density at radius 1 is 0.680 bits per heavy atom. The van der Waals surface area contributed by atoms with E-state index < -0.39 is 12.2 Å². The van der Waals surface area contributed by atoms with Crippen molar-refractivity contribution in [2.24, 2.45) is 0 Å². The van der Waals surface area contributed by atoms with Gasteiger partial charge < -0.3 is 19.7 Å². The van der Waals surface area contributed by atoms with Crippen molar-refractivity contribution in [1.82, 2.24) is 0 Å². The highest BCUT2D eigenvalue weighted by Gasteiger charge is 2.12. The normalized spacial score (nSPS) is 13.3. The monoisotopic (exact) mass is 344 g/mol. The van der Waals surface area contributed by atoms with Crippen LogP contribution in [0.1, 0.15) is 30.4 Å². The summed E-state index contributed by atoms with van der Waals surface area (Å²) in [6.07, 6.45) is 2.29. The van der Waals surface area contributed by atoms with Crippen molar-refractivity contribution < 1.29 is 19.7 Å². The summed E-state index contributed by atoms with van der Waals surface area (Å²) in [6.45, 7) is 0. The van der Waals surface area contributed by atoms with Crippen molar-refractivity contribution in [3.05, 3.63) is 59.7 Å². The third-order valence-electron chi connectivity index (χ3n) is 4.39. The molecule has 0 radical (unpaired) electrons. The highest BCUT2D eigenvalue weighted by molar-refractivity contribution is 5.28. The summed E-state index contributed by atoms with van der Waals surface area (Å²) in [5.74, 6) is 1.66. The number of rotatable bonds is 10. The second-order valence-electron chi connectivity index (χ2n) is 6.32. The van der Waals surface area contributed by atoms with Gasteiger partial charge in [0.1, 0.15) is 11.5 Å². The zero-order valence-electron chi connectivity index (χ0n) is 15.0. The molecule has 2 unspecified atom stereocenters. The molecule has 0 heterocycles. The first-order chi connectivity index (χ1) is 12.1. The predicted molar refractivity (Wildman–Crippen MR) is 99.3 cm³/mol. The van der Waals surface area contributed by atoms with E-state index in [2.05, 4.69) is 0 Å². The standard InChI is InChI=1S/C21H28O4/c1-24-20-11-5-16(6-12-20)3-9-18(22)15-19(23)10-4-17-7-13-21(25-2)14-8-17/h5-8,11-14,18-19,22-23H,3-4,9-10,15H2,1-2H3. The van der Waals surface area contributed by atoms with E-state index in [1.54, 1.807) is 14.2 Å². The zero-order chi connectivity index (χ0) is 18.1. The van der Waals surface area contributed by atoms with Crippen LogP contribution in [-0.2, 0) is 12.8 Å². The van der Waals surface area contributed by atoms with E-state index in [-0.39, 0.29) is 0 Å². The Labute approximate surface area is 150 Å². The van der Waals surface area contributed by atoms with E-state index in [4.69, 9.17) is 9.47 Å². The highest BCUT2D eigenvalue weighted by Crippen LogP contribution is 2.17. The van der Waals surface area contributed by atoms with Gasteiger partial charge in [0.15, 0.2) is 0 Å². The first-order valence-corrected chi connectivity index (χ1v) is 8.72. The minimum atomic E-state index is -0.493. The van der Waals surface area contributed by atoms with Gasteiger partial charge in [0, 0.05) is 0 Å². The van der Waals surface area contributed by atoms with Gasteiger partial charge in [-0.3, -0.25) is 0 Å². The lowest BCUT2D eigenvalue weighted by atomic mass is 9.99. The van der Waals surface area contributed by atoms with Gasteiger partial charge >= 0.3 is 0 Å². The van der Waals surface area contributed by atoms with Crippen molar-refractivity contribution >= 4 is 0 Å². The lowest BCUT2D eigenvalue weighted by Crippen LogP contribution is -2.19. The summed E-state index contributed by atoms with van der Waals surface area (Å²) in [6, 6.07) is 15.7. The summed E-state index contributed by atoms with van der Waals surface area (Å²) in [5, 5.41) is 20.3. The van der Waals surface area contributed by atoms with Crippen molar-refractivity contribution in [3.8, 4) is 11.5 Å². The molecule has 2 rings (SSSR count). The van der Waals surface area contributed by atoms with Crippen molar-refractivity contribution in [2.45, 2.75) is 44.3 Å². The van der Waals surface area contributed by atoms with Crippen LogP contribution in [0.25, 0.3) is 0 Å². The molecule has 0 saturated heterocycles. The average Bonchev–Trinajstić information content (AvgIpc) is 2.65. The van der Waals surface area contributed by atoms with Gasteiger partial charge in [-0.2, -0.15) is 0 Å². The maximum Gasteiger partial charge on any atom is 0.118 e. The van der Waals surface area contributed by atoms with Crippen LogP contribution < -0.4 is 9.47 Å². The SMILES string of the molecule is COc1ccc(CCC(O)CC(O)CCc2ccc(OC)cc2)cc1. The van der Waals surface area contributed by atoms with Crippen LogP contribution >= 0.6 is 0 Å². The molecular formula is C21H28O4. The number of aryl methyl sites for hydroxylation is 2. The molecule has 0 amide bonds. The average molecular weight is 344 g/mol. The largest absolute Gasteiger partial charge is 0.497 e. The van der Waals surface area contributed by atoms with Gasteiger partial charge in [-0.1, -0.05) is 24.3 Å². The third kappa shape index (κ3) is 6.77. The van der Waals surface area contributed by atoms with E-state index in [0.717, 1.165) is 35.5 Å². The summed E-state index contributed by atoms with van der Waals surface area (Å²) in [7, 11) is 3.29. The van der Waals surface area contributed by atoms with Crippen LogP contribution in [0.5, 0.6) is 11.5 Å². The van der Waals surface area contributed by atoms with E-state index in [1.807, 2.05) is 48.5 Å². The molecular weight excluding hydrogens is 316 g/mol. The van der Waals surface area contributed by atoms with Gasteiger partial charge in [-0.15, -0.1) is 0 Å². The molecule has 4 nitrogen and oxygen atoms in total. The number of hydrogen-bond acceptors (Lipinski definition) is 4. The predicted octanol–water partition coefficient (Wildman–Crippen LogP) is 3.38. The minimum absolute atomic E-state index is 0.409. The Hall–Kier alpha value is -2.04. The molecule has 2 N–H and O–H groups in total. The van der Waals surface area contributed by atoms with Crippen LogP contribution in [0.15, 0.2) is 48.5 Å². The summed E-state index contributed by atoms with van der Waals surface area (Å²) in [4.78, 5) is 0. The second-order valence-corrected chi connectivity index (χ2v) is 6.32. The molecule has 25 heavy (non-hydrogen) atoms. The lowest BCUT2D eigenvalue weighted by Gasteiger charge is -2.16. The van der Waals surface area contributed by atoms with E-state index in [0.29, 0.717) is 19.3 Å². The zero-order valence-corrected chi connectivity index (χ0v) is 15.0. The smallest absolute Gasteiger partial charge is 0.118 e. The molecule has 0 bridgehead atoms. The number of aliphatic hydroxyl groups is 2.